The smallest absolute Gasteiger partial charge is 0.181 e. The van der Waals surface area contributed by atoms with E-state index < -0.39 is 0 Å². The summed E-state index contributed by atoms with van der Waals surface area (Å²) in [6.07, 6.45) is 2.05. The molecule has 0 unspecified atom stereocenters. The predicted molar refractivity (Wildman–Crippen MR) is 82.0 cm³/mol. The maximum atomic E-state index is 5.40. The van der Waals surface area contributed by atoms with Crippen LogP contribution in [0.5, 0.6) is 0 Å². The highest BCUT2D eigenvalue weighted by molar-refractivity contribution is 5.55. The average molecular weight is 286 g/mol. The molecule has 0 bridgehead atoms. The van der Waals surface area contributed by atoms with Gasteiger partial charge in [0.25, 0.3) is 0 Å². The molecule has 2 heterocycles. The molecular formula is C16H22N4O. The highest BCUT2D eigenvalue weighted by atomic mass is 16.5. The third-order valence-electron chi connectivity index (χ3n) is 3.79. The summed E-state index contributed by atoms with van der Waals surface area (Å²) in [5.41, 5.74) is 2.35. The largest absolute Gasteiger partial charge is 0.381 e. The Labute approximate surface area is 125 Å². The Hall–Kier alpha value is -1.72. The number of nitrogens with zero attached hydrogens (tertiary/aromatic N) is 3. The Morgan fingerprint density at radius 3 is 2.86 bits per heavy atom. The van der Waals surface area contributed by atoms with Crippen molar-refractivity contribution in [2.45, 2.75) is 25.3 Å². The van der Waals surface area contributed by atoms with Gasteiger partial charge in [-0.25, -0.2) is 4.98 Å². The van der Waals surface area contributed by atoms with E-state index in [0.29, 0.717) is 5.92 Å². The third kappa shape index (κ3) is 3.49. The van der Waals surface area contributed by atoms with Gasteiger partial charge in [0.15, 0.2) is 5.82 Å². The topological polar surface area (TPSA) is 54.0 Å². The molecule has 1 aliphatic heterocycles. The first-order valence-corrected chi connectivity index (χ1v) is 7.46. The molecule has 0 radical (unpaired) electrons. The summed E-state index contributed by atoms with van der Waals surface area (Å²) in [6.45, 7) is 2.56. The SMILES string of the molecule is CN(C)Cc1cccc(-c2n[nH]c(C3CCOCC3)n2)c1. The summed E-state index contributed by atoms with van der Waals surface area (Å²) in [5, 5.41) is 7.50. The van der Waals surface area contributed by atoms with E-state index in [4.69, 9.17) is 4.74 Å². The molecule has 1 fully saturated rings. The van der Waals surface area contributed by atoms with Crippen LogP contribution in [0, 0.1) is 0 Å². The molecule has 1 aliphatic rings. The van der Waals surface area contributed by atoms with Crippen LogP contribution in [-0.4, -0.2) is 47.4 Å². The zero-order valence-electron chi connectivity index (χ0n) is 12.7. The summed E-state index contributed by atoms with van der Waals surface area (Å²) in [6, 6.07) is 8.43. The lowest BCUT2D eigenvalue weighted by atomic mass is 10.00. The Bertz CT molecular complexity index is 587. The van der Waals surface area contributed by atoms with Gasteiger partial charge in [0.05, 0.1) is 0 Å². The molecule has 1 aromatic carbocycles. The number of H-pyrrole nitrogens is 1. The molecule has 5 heteroatoms. The molecule has 1 aromatic heterocycles. The molecule has 0 spiro atoms. The van der Waals surface area contributed by atoms with E-state index >= 15 is 0 Å². The van der Waals surface area contributed by atoms with Crippen LogP contribution in [0.4, 0.5) is 0 Å². The van der Waals surface area contributed by atoms with Gasteiger partial charge in [-0.1, -0.05) is 18.2 Å². The fraction of sp³-hybridized carbons (Fsp3) is 0.500. The maximum Gasteiger partial charge on any atom is 0.181 e. The minimum Gasteiger partial charge on any atom is -0.381 e. The van der Waals surface area contributed by atoms with Crippen LogP contribution in [0.2, 0.25) is 0 Å². The fourth-order valence-electron chi connectivity index (χ4n) is 2.73. The van der Waals surface area contributed by atoms with Crippen molar-refractivity contribution in [1.29, 1.82) is 0 Å². The molecule has 1 saturated heterocycles. The Kier molecular flexibility index (Phi) is 4.31. The normalized spacial score (nSPS) is 16.5. The summed E-state index contributed by atoms with van der Waals surface area (Å²) in [4.78, 5) is 6.85. The molecule has 0 amide bonds. The van der Waals surface area contributed by atoms with Crippen molar-refractivity contribution < 1.29 is 4.74 Å². The zero-order chi connectivity index (χ0) is 14.7. The number of benzene rings is 1. The molecule has 0 saturated carbocycles. The highest BCUT2D eigenvalue weighted by Crippen LogP contribution is 2.26. The van der Waals surface area contributed by atoms with Gasteiger partial charge in [0, 0.05) is 31.2 Å². The van der Waals surface area contributed by atoms with Crippen LogP contribution in [0.1, 0.15) is 30.1 Å². The Balaban J connectivity index is 1.79. The number of hydrogen-bond acceptors (Lipinski definition) is 4. The van der Waals surface area contributed by atoms with E-state index in [0.717, 1.165) is 49.8 Å². The van der Waals surface area contributed by atoms with Gasteiger partial charge in [0.1, 0.15) is 5.82 Å². The van der Waals surface area contributed by atoms with Gasteiger partial charge < -0.3 is 9.64 Å². The van der Waals surface area contributed by atoms with Crippen molar-refractivity contribution >= 4 is 0 Å². The Morgan fingerprint density at radius 1 is 1.29 bits per heavy atom. The van der Waals surface area contributed by atoms with Gasteiger partial charge in [0.2, 0.25) is 0 Å². The first-order chi connectivity index (χ1) is 10.2. The van der Waals surface area contributed by atoms with Gasteiger partial charge in [-0.05, 0) is 38.6 Å². The lowest BCUT2D eigenvalue weighted by molar-refractivity contribution is 0.0836. The summed E-state index contributed by atoms with van der Waals surface area (Å²) < 4.78 is 5.40. The van der Waals surface area contributed by atoms with Crippen LogP contribution in [-0.2, 0) is 11.3 Å². The monoisotopic (exact) mass is 286 g/mol. The average Bonchev–Trinajstić information content (AvgIpc) is 2.98. The standard InChI is InChI=1S/C16H22N4O/c1-20(2)11-12-4-3-5-14(10-12)16-17-15(18-19-16)13-6-8-21-9-7-13/h3-5,10,13H,6-9,11H2,1-2H3,(H,17,18,19). The van der Waals surface area contributed by atoms with Crippen molar-refractivity contribution in [3.05, 3.63) is 35.7 Å². The molecule has 21 heavy (non-hydrogen) atoms. The molecule has 5 nitrogen and oxygen atoms in total. The summed E-state index contributed by atoms with van der Waals surface area (Å²) >= 11 is 0. The number of ether oxygens (including phenoxy) is 1. The van der Waals surface area contributed by atoms with Crippen molar-refractivity contribution in [1.82, 2.24) is 20.1 Å². The van der Waals surface area contributed by atoms with Crippen molar-refractivity contribution in [3.8, 4) is 11.4 Å². The quantitative estimate of drug-likeness (QED) is 0.938. The van der Waals surface area contributed by atoms with Crippen LogP contribution >= 0.6 is 0 Å². The van der Waals surface area contributed by atoms with Crippen molar-refractivity contribution in [2.75, 3.05) is 27.3 Å². The van der Waals surface area contributed by atoms with Gasteiger partial charge in [-0.3, -0.25) is 5.10 Å². The van der Waals surface area contributed by atoms with Crippen LogP contribution in [0.25, 0.3) is 11.4 Å². The minimum atomic E-state index is 0.449. The summed E-state index contributed by atoms with van der Waals surface area (Å²) in [5.74, 6) is 2.23. The number of aromatic amines is 1. The molecule has 112 valence electrons. The van der Waals surface area contributed by atoms with Crippen LogP contribution < -0.4 is 0 Å². The van der Waals surface area contributed by atoms with E-state index in [1.807, 2.05) is 0 Å². The number of nitrogens with one attached hydrogen (secondary N) is 1. The Morgan fingerprint density at radius 2 is 2.10 bits per heavy atom. The maximum absolute atomic E-state index is 5.40. The first-order valence-electron chi connectivity index (χ1n) is 7.46. The van der Waals surface area contributed by atoms with Crippen molar-refractivity contribution in [2.24, 2.45) is 0 Å². The third-order valence-corrected chi connectivity index (χ3v) is 3.79. The molecule has 0 atom stereocenters. The van der Waals surface area contributed by atoms with Crippen LogP contribution in [0.15, 0.2) is 24.3 Å². The zero-order valence-corrected chi connectivity index (χ0v) is 12.7. The van der Waals surface area contributed by atoms with E-state index in [1.165, 1.54) is 5.56 Å². The molecule has 1 N–H and O–H groups in total. The lowest BCUT2D eigenvalue weighted by Crippen LogP contribution is -2.15. The van der Waals surface area contributed by atoms with Crippen molar-refractivity contribution in [3.63, 3.8) is 0 Å². The second-order valence-electron chi connectivity index (χ2n) is 5.87. The number of rotatable bonds is 4. The lowest BCUT2D eigenvalue weighted by Gasteiger charge is -2.19. The van der Waals surface area contributed by atoms with E-state index in [2.05, 4.69) is 58.4 Å². The number of hydrogen-bond donors (Lipinski definition) is 1. The molecule has 0 aliphatic carbocycles. The first kappa shape index (κ1) is 14.2. The van der Waals surface area contributed by atoms with Gasteiger partial charge in [-0.15, -0.1) is 0 Å². The van der Waals surface area contributed by atoms with Gasteiger partial charge >= 0.3 is 0 Å². The molecular weight excluding hydrogens is 264 g/mol. The fourth-order valence-corrected chi connectivity index (χ4v) is 2.73. The highest BCUT2D eigenvalue weighted by Gasteiger charge is 2.19. The second kappa shape index (κ2) is 6.37. The van der Waals surface area contributed by atoms with Crippen LogP contribution in [0.3, 0.4) is 0 Å². The van der Waals surface area contributed by atoms with E-state index in [-0.39, 0.29) is 0 Å². The second-order valence-corrected chi connectivity index (χ2v) is 5.87. The van der Waals surface area contributed by atoms with E-state index in [9.17, 15) is 0 Å². The summed E-state index contributed by atoms with van der Waals surface area (Å²) in [7, 11) is 4.14. The van der Waals surface area contributed by atoms with Gasteiger partial charge in [-0.2, -0.15) is 5.10 Å². The molecule has 3 rings (SSSR count). The molecule has 2 aromatic rings. The minimum absolute atomic E-state index is 0.449. The van der Waals surface area contributed by atoms with E-state index in [1.54, 1.807) is 0 Å². The predicted octanol–water partition coefficient (Wildman–Crippen LogP) is 2.43. The number of aromatic nitrogens is 3.